The molecule has 1 aliphatic rings. The van der Waals surface area contributed by atoms with Crippen LogP contribution >= 0.6 is 11.6 Å². The molecule has 0 spiro atoms. The quantitative estimate of drug-likeness (QED) is 0.833. The molecule has 1 aromatic heterocycles. The lowest BCUT2D eigenvalue weighted by molar-refractivity contribution is -0.140. The number of carboxylic acid groups (broad SMARTS) is 1. The molecule has 2 heterocycles. The summed E-state index contributed by atoms with van der Waals surface area (Å²) in [6, 6.07) is 3.81. The molecule has 2 atom stereocenters. The van der Waals surface area contributed by atoms with E-state index in [2.05, 4.69) is 10.4 Å². The number of carbonyl (C=O) groups excluding carboxylic acids is 2. The number of carbonyl (C=O) groups is 3. The van der Waals surface area contributed by atoms with E-state index in [0.29, 0.717) is 12.1 Å². The van der Waals surface area contributed by atoms with Crippen LogP contribution in [-0.2, 0) is 16.6 Å². The maximum absolute atomic E-state index is 12.9. The molecule has 0 radical (unpaired) electrons. The predicted molar refractivity (Wildman–Crippen MR) is 98.5 cm³/mol. The molecule has 0 bridgehead atoms. The van der Waals surface area contributed by atoms with Gasteiger partial charge in [-0.05, 0) is 24.6 Å². The van der Waals surface area contributed by atoms with Gasteiger partial charge < -0.3 is 15.3 Å². The van der Waals surface area contributed by atoms with Gasteiger partial charge in [-0.3, -0.25) is 14.3 Å². The van der Waals surface area contributed by atoms with E-state index in [9.17, 15) is 14.4 Å². The van der Waals surface area contributed by atoms with Crippen LogP contribution in [0.2, 0.25) is 5.02 Å². The van der Waals surface area contributed by atoms with E-state index in [0.717, 1.165) is 5.56 Å². The van der Waals surface area contributed by atoms with Crippen LogP contribution in [0.5, 0.6) is 0 Å². The van der Waals surface area contributed by atoms with Gasteiger partial charge in [0.25, 0.3) is 0 Å². The van der Waals surface area contributed by atoms with Crippen LogP contribution in [-0.4, -0.2) is 44.6 Å². The van der Waals surface area contributed by atoms with Crippen molar-refractivity contribution in [2.45, 2.75) is 18.9 Å². The third-order valence-corrected chi connectivity index (χ3v) is 5.04. The van der Waals surface area contributed by atoms with Crippen LogP contribution in [0.15, 0.2) is 30.6 Å². The van der Waals surface area contributed by atoms with Gasteiger partial charge in [-0.15, -0.1) is 0 Å². The van der Waals surface area contributed by atoms with E-state index in [1.807, 2.05) is 0 Å². The molecule has 0 aliphatic carbocycles. The molecular weight excluding hydrogens is 372 g/mol. The number of carboxylic acids is 1. The standard InChI is InChI=1S/C18H19ClN4O4/c1-22-9-10(8-20-22)16-13(5-6-15(24)23(16)2)17(25)21-11-3-4-12(18(26)27)14(19)7-11/h3-4,7-9,13,16H,5-6H2,1-2H3,(H,21,25)(H,26,27). The van der Waals surface area contributed by atoms with Crippen molar-refractivity contribution in [3.8, 4) is 0 Å². The molecule has 142 valence electrons. The largest absolute Gasteiger partial charge is 0.478 e. The first-order valence-corrected chi connectivity index (χ1v) is 8.73. The molecule has 8 nitrogen and oxygen atoms in total. The fraction of sp³-hybridized carbons (Fsp3) is 0.333. The summed E-state index contributed by atoms with van der Waals surface area (Å²) in [4.78, 5) is 37.7. The van der Waals surface area contributed by atoms with Crippen LogP contribution in [0.1, 0.15) is 34.8 Å². The Morgan fingerprint density at radius 1 is 1.33 bits per heavy atom. The van der Waals surface area contributed by atoms with E-state index in [1.54, 1.807) is 36.1 Å². The Bertz CT molecular complexity index is 911. The lowest BCUT2D eigenvalue weighted by Gasteiger charge is -2.37. The molecule has 1 aliphatic heterocycles. The van der Waals surface area contributed by atoms with E-state index < -0.39 is 17.9 Å². The average Bonchev–Trinajstić information content (AvgIpc) is 3.02. The molecule has 3 rings (SSSR count). The molecule has 1 aromatic carbocycles. The van der Waals surface area contributed by atoms with Gasteiger partial charge in [0.1, 0.15) is 0 Å². The van der Waals surface area contributed by atoms with Crippen molar-refractivity contribution < 1.29 is 19.5 Å². The maximum Gasteiger partial charge on any atom is 0.337 e. The summed E-state index contributed by atoms with van der Waals surface area (Å²) in [6.45, 7) is 0. The van der Waals surface area contributed by atoms with Crippen LogP contribution in [0.4, 0.5) is 5.69 Å². The van der Waals surface area contributed by atoms with Crippen molar-refractivity contribution in [1.29, 1.82) is 0 Å². The number of amides is 2. The van der Waals surface area contributed by atoms with Gasteiger partial charge in [0, 0.05) is 38.0 Å². The molecular formula is C18H19ClN4O4. The maximum atomic E-state index is 12.9. The number of hydrogen-bond acceptors (Lipinski definition) is 4. The number of piperidine rings is 1. The van der Waals surface area contributed by atoms with Crippen molar-refractivity contribution in [2.24, 2.45) is 13.0 Å². The predicted octanol–water partition coefficient (Wildman–Crippen LogP) is 2.32. The lowest BCUT2D eigenvalue weighted by Crippen LogP contribution is -2.44. The number of rotatable bonds is 4. The Hall–Kier alpha value is -2.87. The number of aromatic nitrogens is 2. The molecule has 9 heteroatoms. The van der Waals surface area contributed by atoms with Crippen LogP contribution in [0.25, 0.3) is 0 Å². The van der Waals surface area contributed by atoms with Crippen molar-refractivity contribution in [3.63, 3.8) is 0 Å². The summed E-state index contributed by atoms with van der Waals surface area (Å²) in [7, 11) is 3.45. The van der Waals surface area contributed by atoms with Gasteiger partial charge in [0.2, 0.25) is 11.8 Å². The van der Waals surface area contributed by atoms with Gasteiger partial charge in [-0.2, -0.15) is 5.10 Å². The summed E-state index contributed by atoms with van der Waals surface area (Å²) in [5.41, 5.74) is 1.15. The van der Waals surface area contributed by atoms with Gasteiger partial charge in [0.15, 0.2) is 0 Å². The Balaban J connectivity index is 1.84. The minimum atomic E-state index is -1.14. The summed E-state index contributed by atoms with van der Waals surface area (Å²) in [6.07, 6.45) is 4.14. The monoisotopic (exact) mass is 390 g/mol. The first-order valence-electron chi connectivity index (χ1n) is 8.36. The van der Waals surface area contributed by atoms with Gasteiger partial charge >= 0.3 is 5.97 Å². The Morgan fingerprint density at radius 3 is 2.67 bits per heavy atom. The van der Waals surface area contributed by atoms with Crippen molar-refractivity contribution >= 4 is 35.1 Å². The highest BCUT2D eigenvalue weighted by Gasteiger charge is 2.39. The van der Waals surface area contributed by atoms with E-state index in [-0.39, 0.29) is 28.8 Å². The number of likely N-dealkylation sites (tertiary alicyclic amines) is 1. The number of nitrogens with zero attached hydrogens (tertiary/aromatic N) is 3. The second-order valence-electron chi connectivity index (χ2n) is 6.53. The highest BCUT2D eigenvalue weighted by molar-refractivity contribution is 6.33. The molecule has 0 saturated carbocycles. The fourth-order valence-corrected chi connectivity index (χ4v) is 3.62. The van der Waals surface area contributed by atoms with Crippen LogP contribution in [0.3, 0.4) is 0 Å². The van der Waals surface area contributed by atoms with E-state index >= 15 is 0 Å². The van der Waals surface area contributed by atoms with E-state index in [1.165, 1.54) is 18.2 Å². The third kappa shape index (κ3) is 3.80. The number of anilines is 1. The SMILES string of the molecule is CN1C(=O)CCC(C(=O)Nc2ccc(C(=O)O)c(Cl)c2)C1c1cnn(C)c1. The highest BCUT2D eigenvalue weighted by Crippen LogP contribution is 2.36. The topological polar surface area (TPSA) is 105 Å². The molecule has 2 aromatic rings. The highest BCUT2D eigenvalue weighted by atomic mass is 35.5. The van der Waals surface area contributed by atoms with Gasteiger partial charge in [-0.25, -0.2) is 4.79 Å². The summed E-state index contributed by atoms with van der Waals surface area (Å²) < 4.78 is 1.63. The number of aryl methyl sites for hydroxylation is 1. The molecule has 2 N–H and O–H groups in total. The van der Waals surface area contributed by atoms with Crippen molar-refractivity contribution in [2.75, 3.05) is 12.4 Å². The fourth-order valence-electron chi connectivity index (χ4n) is 3.36. The van der Waals surface area contributed by atoms with Gasteiger partial charge in [0.05, 0.1) is 28.7 Å². The Labute approximate surface area is 160 Å². The van der Waals surface area contributed by atoms with Crippen LogP contribution in [0, 0.1) is 5.92 Å². The minimum absolute atomic E-state index is 0.0261. The first kappa shape index (κ1) is 18.9. The zero-order valence-corrected chi connectivity index (χ0v) is 15.6. The summed E-state index contributed by atoms with van der Waals surface area (Å²) in [5, 5.41) is 16.0. The molecule has 2 unspecified atom stereocenters. The Morgan fingerprint density at radius 2 is 2.07 bits per heavy atom. The molecule has 27 heavy (non-hydrogen) atoms. The van der Waals surface area contributed by atoms with Crippen molar-refractivity contribution in [1.82, 2.24) is 14.7 Å². The van der Waals surface area contributed by atoms with E-state index in [4.69, 9.17) is 16.7 Å². The number of halogens is 1. The third-order valence-electron chi connectivity index (χ3n) is 4.73. The lowest BCUT2D eigenvalue weighted by atomic mass is 9.85. The number of hydrogen-bond donors (Lipinski definition) is 2. The zero-order valence-electron chi connectivity index (χ0n) is 14.8. The first-order chi connectivity index (χ1) is 12.8. The zero-order chi connectivity index (χ0) is 19.7. The normalized spacial score (nSPS) is 19.8. The minimum Gasteiger partial charge on any atom is -0.478 e. The summed E-state index contributed by atoms with van der Waals surface area (Å²) in [5.74, 6) is -1.89. The van der Waals surface area contributed by atoms with Crippen molar-refractivity contribution in [3.05, 3.63) is 46.7 Å². The second-order valence-corrected chi connectivity index (χ2v) is 6.94. The average molecular weight is 391 g/mol. The number of benzene rings is 1. The molecule has 1 fully saturated rings. The number of aromatic carboxylic acids is 1. The smallest absolute Gasteiger partial charge is 0.337 e. The molecule has 1 saturated heterocycles. The number of nitrogens with one attached hydrogen (secondary N) is 1. The van der Waals surface area contributed by atoms with Gasteiger partial charge in [-0.1, -0.05) is 11.6 Å². The summed E-state index contributed by atoms with van der Waals surface area (Å²) >= 11 is 5.97. The molecule has 2 amide bonds. The second kappa shape index (κ2) is 7.40. The van der Waals surface area contributed by atoms with Crippen LogP contribution < -0.4 is 5.32 Å². The Kier molecular flexibility index (Phi) is 5.18.